The molecule has 5 heteroatoms. The Morgan fingerprint density at radius 3 is 2.25 bits per heavy atom. The Morgan fingerprint density at radius 1 is 1.30 bits per heavy atom. The maximum Gasteiger partial charge on any atom is 0.312 e. The molecule has 2 rings (SSSR count). The van der Waals surface area contributed by atoms with Crippen LogP contribution in [0.3, 0.4) is 0 Å². The Hall–Kier alpha value is -1.10. The highest BCUT2D eigenvalue weighted by atomic mass is 16.5. The van der Waals surface area contributed by atoms with E-state index in [1.807, 2.05) is 6.92 Å². The summed E-state index contributed by atoms with van der Waals surface area (Å²) < 4.78 is 5.19. The Bertz CT molecular complexity index is 387. The van der Waals surface area contributed by atoms with Crippen LogP contribution in [0, 0.1) is 11.3 Å². The highest BCUT2D eigenvalue weighted by Crippen LogP contribution is 2.56. The molecule has 0 unspecified atom stereocenters. The zero-order valence-corrected chi connectivity index (χ0v) is 12.6. The van der Waals surface area contributed by atoms with Crippen molar-refractivity contribution in [2.45, 2.75) is 52.1 Å². The molecule has 1 saturated heterocycles. The van der Waals surface area contributed by atoms with Crippen molar-refractivity contribution in [2.75, 3.05) is 19.7 Å². The average molecular weight is 283 g/mol. The minimum absolute atomic E-state index is 0.0627. The number of esters is 1. The van der Waals surface area contributed by atoms with Crippen LogP contribution in [0.1, 0.15) is 46.5 Å². The van der Waals surface area contributed by atoms with Gasteiger partial charge in [0.25, 0.3) is 5.91 Å². The summed E-state index contributed by atoms with van der Waals surface area (Å²) in [5.74, 6) is 0.0246. The van der Waals surface area contributed by atoms with Crippen molar-refractivity contribution >= 4 is 11.9 Å². The zero-order valence-electron chi connectivity index (χ0n) is 12.6. The summed E-state index contributed by atoms with van der Waals surface area (Å²) in [5.41, 5.74) is -1.59. The summed E-state index contributed by atoms with van der Waals surface area (Å²) in [6.07, 6.45) is 3.47. The number of likely N-dealkylation sites (tertiary alicyclic amines) is 1. The Morgan fingerprint density at radius 2 is 1.85 bits per heavy atom. The first-order chi connectivity index (χ1) is 9.31. The number of ether oxygens (including phenoxy) is 1. The van der Waals surface area contributed by atoms with Gasteiger partial charge in [0, 0.05) is 13.1 Å². The van der Waals surface area contributed by atoms with Crippen LogP contribution in [0.2, 0.25) is 0 Å². The predicted molar refractivity (Wildman–Crippen MR) is 73.9 cm³/mol. The van der Waals surface area contributed by atoms with E-state index in [4.69, 9.17) is 4.74 Å². The number of aliphatic hydroxyl groups is 1. The van der Waals surface area contributed by atoms with Crippen LogP contribution in [0.15, 0.2) is 0 Å². The first-order valence-corrected chi connectivity index (χ1v) is 7.50. The summed E-state index contributed by atoms with van der Waals surface area (Å²) in [4.78, 5) is 25.8. The van der Waals surface area contributed by atoms with Crippen LogP contribution in [0.5, 0.6) is 0 Å². The fraction of sp³-hybridized carbons (Fsp3) is 0.867. The molecule has 1 aliphatic heterocycles. The molecule has 5 nitrogen and oxygen atoms in total. The molecule has 0 spiro atoms. The molecule has 114 valence electrons. The summed E-state index contributed by atoms with van der Waals surface area (Å²) in [6, 6.07) is 0. The first-order valence-electron chi connectivity index (χ1n) is 7.50. The number of carbonyl (C=O) groups excluding carboxylic acids is 2. The van der Waals surface area contributed by atoms with Gasteiger partial charge in [-0.25, -0.2) is 0 Å². The lowest BCUT2D eigenvalue weighted by Gasteiger charge is -2.37. The lowest BCUT2D eigenvalue weighted by Crippen LogP contribution is -2.49. The van der Waals surface area contributed by atoms with Gasteiger partial charge < -0.3 is 14.7 Å². The SMILES string of the molecule is CCOC(=O)C1(C2CCN(C(=O)C(C)(C)O)CC2)CC1. The third kappa shape index (κ3) is 2.82. The van der Waals surface area contributed by atoms with E-state index >= 15 is 0 Å². The number of hydrogen-bond acceptors (Lipinski definition) is 4. The fourth-order valence-corrected chi connectivity index (χ4v) is 3.21. The second-order valence-electron chi connectivity index (χ2n) is 6.50. The zero-order chi connectivity index (χ0) is 15.0. The van der Waals surface area contributed by atoms with Crippen molar-refractivity contribution in [3.05, 3.63) is 0 Å². The van der Waals surface area contributed by atoms with E-state index in [9.17, 15) is 14.7 Å². The number of rotatable bonds is 4. The molecule has 1 N–H and O–H groups in total. The van der Waals surface area contributed by atoms with E-state index < -0.39 is 5.60 Å². The number of carbonyl (C=O) groups is 2. The molecule has 1 aliphatic carbocycles. The molecular weight excluding hydrogens is 258 g/mol. The van der Waals surface area contributed by atoms with Crippen LogP contribution in [0.4, 0.5) is 0 Å². The van der Waals surface area contributed by atoms with Crippen molar-refractivity contribution in [3.63, 3.8) is 0 Å². The van der Waals surface area contributed by atoms with E-state index in [1.165, 1.54) is 13.8 Å². The number of amides is 1. The van der Waals surface area contributed by atoms with Crippen molar-refractivity contribution in [2.24, 2.45) is 11.3 Å². The molecule has 2 aliphatic rings. The van der Waals surface area contributed by atoms with Gasteiger partial charge in [-0.1, -0.05) is 0 Å². The highest BCUT2D eigenvalue weighted by molar-refractivity contribution is 5.84. The molecule has 0 radical (unpaired) electrons. The van der Waals surface area contributed by atoms with Crippen molar-refractivity contribution in [3.8, 4) is 0 Å². The Balaban J connectivity index is 1.92. The van der Waals surface area contributed by atoms with E-state index in [1.54, 1.807) is 4.90 Å². The predicted octanol–water partition coefficient (Wildman–Crippen LogP) is 1.34. The second-order valence-corrected chi connectivity index (χ2v) is 6.50. The molecule has 2 fully saturated rings. The van der Waals surface area contributed by atoms with Crippen molar-refractivity contribution in [1.82, 2.24) is 4.90 Å². The van der Waals surface area contributed by atoms with Crippen molar-refractivity contribution in [1.29, 1.82) is 0 Å². The molecular formula is C15H25NO4. The van der Waals surface area contributed by atoms with Gasteiger partial charge in [0.15, 0.2) is 0 Å². The third-order valence-electron chi connectivity index (χ3n) is 4.56. The van der Waals surface area contributed by atoms with Gasteiger partial charge in [-0.2, -0.15) is 0 Å². The van der Waals surface area contributed by atoms with Gasteiger partial charge in [-0.05, 0) is 52.4 Å². The minimum Gasteiger partial charge on any atom is -0.466 e. The molecule has 20 heavy (non-hydrogen) atoms. The van der Waals surface area contributed by atoms with Crippen LogP contribution >= 0.6 is 0 Å². The molecule has 0 aromatic rings. The third-order valence-corrected chi connectivity index (χ3v) is 4.56. The summed E-state index contributed by atoms with van der Waals surface area (Å²) in [7, 11) is 0. The number of hydrogen-bond donors (Lipinski definition) is 1. The molecule has 1 amide bonds. The summed E-state index contributed by atoms with van der Waals surface area (Å²) in [5, 5.41) is 9.77. The van der Waals surface area contributed by atoms with Gasteiger partial charge in [0.1, 0.15) is 5.60 Å². The van der Waals surface area contributed by atoms with E-state index in [-0.39, 0.29) is 17.3 Å². The van der Waals surface area contributed by atoms with Gasteiger partial charge in [0.05, 0.1) is 12.0 Å². The van der Waals surface area contributed by atoms with Crippen molar-refractivity contribution < 1.29 is 19.4 Å². The van der Waals surface area contributed by atoms with Crippen LogP contribution < -0.4 is 0 Å². The first kappa shape index (κ1) is 15.3. The topological polar surface area (TPSA) is 66.8 Å². The second kappa shape index (κ2) is 5.35. The molecule has 0 bridgehead atoms. The normalized spacial score (nSPS) is 22.5. The summed E-state index contributed by atoms with van der Waals surface area (Å²) >= 11 is 0. The number of nitrogens with zero attached hydrogens (tertiary/aromatic N) is 1. The van der Waals surface area contributed by atoms with Gasteiger partial charge >= 0.3 is 5.97 Å². The average Bonchev–Trinajstić information content (AvgIpc) is 3.19. The Labute approximate surface area is 120 Å². The van der Waals surface area contributed by atoms with Crippen LogP contribution in [0.25, 0.3) is 0 Å². The standard InChI is InChI=1S/C15H25NO4/c1-4-20-13(18)15(7-8-15)11-5-9-16(10-6-11)12(17)14(2,3)19/h11,19H,4-10H2,1-3H3. The molecule has 0 aromatic carbocycles. The molecule has 1 saturated carbocycles. The monoisotopic (exact) mass is 283 g/mol. The van der Waals surface area contributed by atoms with Gasteiger partial charge in [-0.15, -0.1) is 0 Å². The lowest BCUT2D eigenvalue weighted by atomic mass is 9.81. The quantitative estimate of drug-likeness (QED) is 0.791. The Kier molecular flexibility index (Phi) is 4.09. The highest BCUT2D eigenvalue weighted by Gasteiger charge is 2.57. The maximum absolute atomic E-state index is 12.1. The molecule has 1 heterocycles. The van der Waals surface area contributed by atoms with E-state index in [2.05, 4.69) is 0 Å². The van der Waals surface area contributed by atoms with E-state index in [0.717, 1.165) is 25.7 Å². The molecule has 0 atom stereocenters. The number of piperidine rings is 1. The van der Waals surface area contributed by atoms with Crippen LogP contribution in [-0.4, -0.2) is 47.2 Å². The van der Waals surface area contributed by atoms with Gasteiger partial charge in [0.2, 0.25) is 0 Å². The maximum atomic E-state index is 12.1. The lowest BCUT2D eigenvalue weighted by molar-refractivity contribution is -0.154. The largest absolute Gasteiger partial charge is 0.466 e. The van der Waals surface area contributed by atoms with E-state index in [0.29, 0.717) is 25.6 Å². The van der Waals surface area contributed by atoms with Gasteiger partial charge in [-0.3, -0.25) is 9.59 Å². The smallest absolute Gasteiger partial charge is 0.312 e. The van der Waals surface area contributed by atoms with Crippen LogP contribution in [-0.2, 0) is 14.3 Å². The summed E-state index contributed by atoms with van der Waals surface area (Å²) in [6.45, 7) is 6.53. The minimum atomic E-state index is -1.31. The fourth-order valence-electron chi connectivity index (χ4n) is 3.21. The molecule has 0 aromatic heterocycles.